The minimum atomic E-state index is -4.60. The number of alkyl halides is 3. The fraction of sp³-hybridized carbons (Fsp3) is 0.333. The van der Waals surface area contributed by atoms with Crippen molar-refractivity contribution in [1.29, 1.82) is 0 Å². The van der Waals surface area contributed by atoms with E-state index >= 15 is 0 Å². The Balaban J connectivity index is 1.64. The minimum absolute atomic E-state index is 0.0539. The molecule has 0 spiro atoms. The zero-order valence-electron chi connectivity index (χ0n) is 18.3. The zero-order valence-corrected chi connectivity index (χ0v) is 19.1. The zero-order chi connectivity index (χ0) is 24.5. The number of hydrogen-bond donors (Lipinski definition) is 1. The van der Waals surface area contributed by atoms with Crippen LogP contribution in [-0.4, -0.2) is 39.0 Å². The summed E-state index contributed by atoms with van der Waals surface area (Å²) in [5.74, 6) is -0.556. The predicted octanol–water partition coefficient (Wildman–Crippen LogP) is 5.23. The molecule has 178 valence electrons. The molecule has 4 rings (SSSR count). The van der Waals surface area contributed by atoms with E-state index in [0.29, 0.717) is 29.5 Å². The van der Waals surface area contributed by atoms with E-state index in [-0.39, 0.29) is 36.1 Å². The van der Waals surface area contributed by atoms with E-state index in [9.17, 15) is 22.8 Å². The van der Waals surface area contributed by atoms with Crippen LogP contribution in [0.2, 0.25) is 5.02 Å². The van der Waals surface area contributed by atoms with Gasteiger partial charge in [-0.15, -0.1) is 0 Å². The maximum absolute atomic E-state index is 13.8. The fourth-order valence-corrected chi connectivity index (χ4v) is 4.60. The highest BCUT2D eigenvalue weighted by molar-refractivity contribution is 6.33. The third-order valence-electron chi connectivity index (χ3n) is 6.14. The maximum Gasteiger partial charge on any atom is 0.403 e. The molecule has 1 fully saturated rings. The molecule has 10 heteroatoms. The van der Waals surface area contributed by atoms with Crippen LogP contribution in [-0.2, 0) is 11.3 Å². The molecule has 0 bridgehead atoms. The third-order valence-corrected chi connectivity index (χ3v) is 6.47. The molecule has 1 saturated carbocycles. The predicted molar refractivity (Wildman–Crippen MR) is 122 cm³/mol. The number of hydrogen-bond acceptors (Lipinski definition) is 4. The van der Waals surface area contributed by atoms with Gasteiger partial charge in [0.15, 0.2) is 5.82 Å². The normalized spacial score (nSPS) is 15.3. The van der Waals surface area contributed by atoms with Crippen molar-refractivity contribution in [2.45, 2.75) is 38.4 Å². The molecular weight excluding hydrogens is 469 g/mol. The van der Waals surface area contributed by atoms with E-state index in [1.165, 1.54) is 7.05 Å². The Labute approximate surface area is 198 Å². The lowest BCUT2D eigenvalue weighted by Gasteiger charge is -2.34. The first-order chi connectivity index (χ1) is 16.1. The average molecular weight is 491 g/mol. The molecule has 0 unspecified atom stereocenters. The number of nitrogens with zero attached hydrogens (tertiary/aromatic N) is 3. The SMILES string of the molecule is CN(Cc1ccc(Cl)c(-c2nc(-c3ccccc3)nc(=O)[nH]2)c1)C(=O)C1(C(F)(F)F)CCCC1. The second kappa shape index (κ2) is 9.21. The molecule has 1 aliphatic rings. The van der Waals surface area contributed by atoms with Crippen molar-refractivity contribution in [2.24, 2.45) is 5.41 Å². The van der Waals surface area contributed by atoms with Crippen molar-refractivity contribution in [3.63, 3.8) is 0 Å². The number of benzene rings is 2. The number of halogens is 4. The van der Waals surface area contributed by atoms with Gasteiger partial charge in [-0.2, -0.15) is 18.2 Å². The lowest BCUT2D eigenvalue weighted by molar-refractivity contribution is -0.225. The topological polar surface area (TPSA) is 79.0 Å². The number of carbonyl (C=O) groups excluding carboxylic acids is 1. The molecule has 0 atom stereocenters. The van der Waals surface area contributed by atoms with Gasteiger partial charge in [0.2, 0.25) is 5.91 Å². The molecule has 1 aliphatic carbocycles. The lowest BCUT2D eigenvalue weighted by atomic mass is 9.83. The van der Waals surface area contributed by atoms with Crippen LogP contribution in [0, 0.1) is 5.41 Å². The second-order valence-corrected chi connectivity index (χ2v) is 8.86. The monoisotopic (exact) mass is 490 g/mol. The van der Waals surface area contributed by atoms with E-state index in [1.807, 2.05) is 6.07 Å². The maximum atomic E-state index is 13.8. The summed E-state index contributed by atoms with van der Waals surface area (Å²) >= 11 is 6.35. The van der Waals surface area contributed by atoms with Gasteiger partial charge in [0, 0.05) is 24.7 Å². The summed E-state index contributed by atoms with van der Waals surface area (Å²) in [7, 11) is 1.36. The van der Waals surface area contributed by atoms with E-state index in [1.54, 1.807) is 42.5 Å². The van der Waals surface area contributed by atoms with Crippen molar-refractivity contribution in [1.82, 2.24) is 19.9 Å². The van der Waals surface area contributed by atoms with E-state index in [0.717, 1.165) is 4.90 Å². The van der Waals surface area contributed by atoms with Crippen LogP contribution in [0.4, 0.5) is 13.2 Å². The van der Waals surface area contributed by atoms with E-state index in [2.05, 4.69) is 15.0 Å². The van der Waals surface area contributed by atoms with Crippen LogP contribution in [0.15, 0.2) is 53.3 Å². The minimum Gasteiger partial charge on any atom is -0.341 e. The number of nitrogens with one attached hydrogen (secondary N) is 1. The van der Waals surface area contributed by atoms with Gasteiger partial charge in [-0.3, -0.25) is 9.78 Å². The summed E-state index contributed by atoms with van der Waals surface area (Å²) in [5.41, 5.74) is -1.39. The smallest absolute Gasteiger partial charge is 0.341 e. The van der Waals surface area contributed by atoms with Crippen LogP contribution in [0.5, 0.6) is 0 Å². The number of aromatic amines is 1. The van der Waals surface area contributed by atoms with Crippen LogP contribution in [0.3, 0.4) is 0 Å². The van der Waals surface area contributed by atoms with Gasteiger partial charge in [0.25, 0.3) is 0 Å². The Morgan fingerprint density at radius 3 is 2.44 bits per heavy atom. The Hall–Kier alpha value is -3.20. The van der Waals surface area contributed by atoms with Crippen LogP contribution in [0.1, 0.15) is 31.2 Å². The number of amides is 1. The molecule has 0 radical (unpaired) electrons. The summed E-state index contributed by atoms with van der Waals surface area (Å²) in [6, 6.07) is 13.7. The standard InChI is InChI=1S/C24H22ClF3N4O2/c1-32(21(33)23(24(26,27)28)11-5-6-12-23)14-15-9-10-18(25)17(13-15)20-29-19(30-22(34)31-20)16-7-3-2-4-8-16/h2-4,7-10,13H,5-6,11-12,14H2,1H3,(H,29,30,31,34). The van der Waals surface area contributed by atoms with Crippen LogP contribution in [0.25, 0.3) is 22.8 Å². The highest BCUT2D eigenvalue weighted by Crippen LogP contribution is 2.51. The van der Waals surface area contributed by atoms with Crippen LogP contribution >= 0.6 is 11.6 Å². The Bertz CT molecular complexity index is 1260. The quantitative estimate of drug-likeness (QED) is 0.531. The number of carbonyl (C=O) groups is 1. The molecule has 0 aliphatic heterocycles. The molecule has 1 aromatic heterocycles. The van der Waals surface area contributed by atoms with Gasteiger partial charge in [-0.1, -0.05) is 60.8 Å². The molecule has 2 aromatic carbocycles. The summed E-state index contributed by atoms with van der Waals surface area (Å²) in [5, 5.41) is 0.286. The van der Waals surface area contributed by atoms with Crippen molar-refractivity contribution < 1.29 is 18.0 Å². The van der Waals surface area contributed by atoms with Gasteiger partial charge in [0.05, 0.1) is 5.02 Å². The van der Waals surface area contributed by atoms with Crippen molar-refractivity contribution in [2.75, 3.05) is 7.05 Å². The summed E-state index contributed by atoms with van der Waals surface area (Å²) in [4.78, 5) is 37.1. The molecule has 1 amide bonds. The Morgan fingerprint density at radius 1 is 1.12 bits per heavy atom. The van der Waals surface area contributed by atoms with E-state index in [4.69, 9.17) is 11.6 Å². The molecule has 0 saturated heterocycles. The van der Waals surface area contributed by atoms with E-state index < -0.39 is 23.2 Å². The third kappa shape index (κ3) is 4.57. The molecule has 1 N–H and O–H groups in total. The Kier molecular flexibility index (Phi) is 6.49. The van der Waals surface area contributed by atoms with Crippen molar-refractivity contribution in [3.8, 4) is 22.8 Å². The number of H-pyrrole nitrogens is 1. The van der Waals surface area contributed by atoms with Gasteiger partial charge < -0.3 is 4.90 Å². The van der Waals surface area contributed by atoms with Gasteiger partial charge in [-0.05, 0) is 30.5 Å². The second-order valence-electron chi connectivity index (χ2n) is 8.45. The average Bonchev–Trinajstić information content (AvgIpc) is 3.31. The molecular formula is C24H22ClF3N4O2. The summed E-state index contributed by atoms with van der Waals surface area (Å²) in [6.45, 7) is -0.0539. The first-order valence-corrected chi connectivity index (χ1v) is 11.1. The highest BCUT2D eigenvalue weighted by Gasteiger charge is 2.61. The molecule has 6 nitrogen and oxygen atoms in total. The fourth-order valence-electron chi connectivity index (χ4n) is 4.39. The summed E-state index contributed by atoms with van der Waals surface area (Å²) < 4.78 is 41.4. The van der Waals surface area contributed by atoms with Gasteiger partial charge in [0.1, 0.15) is 11.2 Å². The highest BCUT2D eigenvalue weighted by atomic mass is 35.5. The largest absolute Gasteiger partial charge is 0.403 e. The van der Waals surface area contributed by atoms with Gasteiger partial charge >= 0.3 is 11.9 Å². The molecule has 34 heavy (non-hydrogen) atoms. The number of aromatic nitrogens is 3. The Morgan fingerprint density at radius 2 is 1.79 bits per heavy atom. The number of rotatable bonds is 5. The van der Waals surface area contributed by atoms with Crippen molar-refractivity contribution in [3.05, 3.63) is 69.6 Å². The molecule has 1 heterocycles. The summed E-state index contributed by atoms with van der Waals surface area (Å²) in [6.07, 6.45) is -4.26. The van der Waals surface area contributed by atoms with Crippen molar-refractivity contribution >= 4 is 17.5 Å². The molecule has 3 aromatic rings. The first-order valence-electron chi connectivity index (χ1n) is 10.8. The van der Waals surface area contributed by atoms with Gasteiger partial charge in [-0.25, -0.2) is 9.78 Å². The first kappa shape index (κ1) is 23.9. The lowest BCUT2D eigenvalue weighted by Crippen LogP contribution is -2.49. The van der Waals surface area contributed by atoms with Crippen LogP contribution < -0.4 is 5.69 Å².